The molecule has 0 atom stereocenters. The van der Waals surface area contributed by atoms with Gasteiger partial charge in [-0.2, -0.15) is 13.2 Å². The number of amides is 1. The van der Waals surface area contributed by atoms with Crippen LogP contribution in [-0.2, 0) is 11.0 Å². The number of carbonyl (C=O) groups excluding carboxylic acids is 1. The van der Waals surface area contributed by atoms with E-state index in [4.69, 9.17) is 0 Å². The van der Waals surface area contributed by atoms with Gasteiger partial charge in [0, 0.05) is 17.2 Å². The van der Waals surface area contributed by atoms with Crippen LogP contribution in [0.2, 0.25) is 0 Å². The third-order valence-corrected chi connectivity index (χ3v) is 4.85. The summed E-state index contributed by atoms with van der Waals surface area (Å²) in [5.74, 6) is -0.266. The van der Waals surface area contributed by atoms with Gasteiger partial charge in [0.2, 0.25) is 5.91 Å². The Bertz CT molecular complexity index is 767. The molecular formula is C19H20F4N2OS. The fourth-order valence-electron chi connectivity index (χ4n) is 2.43. The number of alkyl halides is 3. The van der Waals surface area contributed by atoms with Gasteiger partial charge in [-0.15, -0.1) is 11.8 Å². The predicted molar refractivity (Wildman–Crippen MR) is 99.3 cm³/mol. The minimum atomic E-state index is -4.54. The second-order valence-corrected chi connectivity index (χ2v) is 6.88. The summed E-state index contributed by atoms with van der Waals surface area (Å²) >= 11 is 1.33. The van der Waals surface area contributed by atoms with E-state index < -0.39 is 17.6 Å². The molecule has 0 aliphatic rings. The summed E-state index contributed by atoms with van der Waals surface area (Å²) < 4.78 is 52.6. The number of anilines is 1. The van der Waals surface area contributed by atoms with Crippen LogP contribution in [0.15, 0.2) is 53.4 Å². The van der Waals surface area contributed by atoms with Gasteiger partial charge in [-0.3, -0.25) is 9.69 Å². The Morgan fingerprint density at radius 1 is 1.11 bits per heavy atom. The molecule has 0 heterocycles. The minimum absolute atomic E-state index is 0.0411. The van der Waals surface area contributed by atoms with Crippen molar-refractivity contribution in [2.24, 2.45) is 0 Å². The van der Waals surface area contributed by atoms with Crippen LogP contribution in [0.5, 0.6) is 0 Å². The fraction of sp³-hybridized carbons (Fsp3) is 0.316. The number of carbonyl (C=O) groups is 1. The lowest BCUT2D eigenvalue weighted by Gasteiger charge is -2.20. The number of halogens is 4. The molecule has 0 unspecified atom stereocenters. The Balaban J connectivity index is 1.89. The molecule has 0 saturated carbocycles. The molecule has 3 nitrogen and oxygen atoms in total. The summed E-state index contributed by atoms with van der Waals surface area (Å²) in [6.45, 7) is 2.86. The van der Waals surface area contributed by atoms with Crippen LogP contribution in [0.25, 0.3) is 0 Å². The van der Waals surface area contributed by atoms with Gasteiger partial charge in [0.1, 0.15) is 5.82 Å². The topological polar surface area (TPSA) is 32.3 Å². The molecule has 1 N–H and O–H groups in total. The van der Waals surface area contributed by atoms with E-state index in [9.17, 15) is 22.4 Å². The molecule has 8 heteroatoms. The molecule has 0 aromatic heterocycles. The minimum Gasteiger partial charge on any atom is -0.324 e. The summed E-state index contributed by atoms with van der Waals surface area (Å²) in [4.78, 5) is 14.5. The van der Waals surface area contributed by atoms with Gasteiger partial charge < -0.3 is 5.32 Å². The molecule has 0 fully saturated rings. The van der Waals surface area contributed by atoms with Gasteiger partial charge >= 0.3 is 6.18 Å². The molecule has 0 aliphatic carbocycles. The van der Waals surface area contributed by atoms with E-state index in [1.807, 2.05) is 6.92 Å². The van der Waals surface area contributed by atoms with E-state index in [1.54, 1.807) is 23.1 Å². The summed E-state index contributed by atoms with van der Waals surface area (Å²) in [7, 11) is 0. The first kappa shape index (κ1) is 21.2. The molecule has 2 aromatic carbocycles. The molecule has 0 spiro atoms. The highest BCUT2D eigenvalue weighted by atomic mass is 32.2. The smallest absolute Gasteiger partial charge is 0.324 e. The lowest BCUT2D eigenvalue weighted by Crippen LogP contribution is -2.35. The highest BCUT2D eigenvalue weighted by Crippen LogP contribution is 2.34. The van der Waals surface area contributed by atoms with E-state index in [0.29, 0.717) is 23.7 Å². The number of nitrogens with one attached hydrogen (secondary N) is 1. The average molecular weight is 400 g/mol. The van der Waals surface area contributed by atoms with Gasteiger partial charge in [0.15, 0.2) is 0 Å². The number of benzene rings is 2. The van der Waals surface area contributed by atoms with Crippen LogP contribution in [0, 0.1) is 5.82 Å². The lowest BCUT2D eigenvalue weighted by molar-refractivity contribution is -0.137. The Kier molecular flexibility index (Phi) is 7.67. The second kappa shape index (κ2) is 9.75. The highest BCUT2D eigenvalue weighted by molar-refractivity contribution is 7.99. The second-order valence-electron chi connectivity index (χ2n) is 5.74. The van der Waals surface area contributed by atoms with Gasteiger partial charge in [-0.05, 0) is 30.8 Å². The van der Waals surface area contributed by atoms with Gasteiger partial charge in [-0.1, -0.05) is 31.2 Å². The number of hydrogen-bond acceptors (Lipinski definition) is 3. The third-order valence-electron chi connectivity index (χ3n) is 3.82. The number of nitrogens with zero attached hydrogens (tertiary/aromatic N) is 1. The molecule has 1 amide bonds. The summed E-state index contributed by atoms with van der Waals surface area (Å²) in [5, 5.41) is 2.33. The third kappa shape index (κ3) is 6.55. The Morgan fingerprint density at radius 2 is 1.78 bits per heavy atom. The highest BCUT2D eigenvalue weighted by Gasteiger charge is 2.33. The number of hydrogen-bond donors (Lipinski definition) is 1. The maximum absolute atomic E-state index is 13.6. The summed E-state index contributed by atoms with van der Waals surface area (Å²) in [6.07, 6.45) is -4.54. The van der Waals surface area contributed by atoms with E-state index in [2.05, 4.69) is 5.32 Å². The molecule has 146 valence electrons. The number of thioether (sulfide) groups is 1. The van der Waals surface area contributed by atoms with Crippen LogP contribution >= 0.6 is 11.8 Å². The number of rotatable bonds is 8. The maximum Gasteiger partial charge on any atom is 0.418 e. The molecule has 0 saturated heterocycles. The SMILES string of the molecule is CCN(CCSc1ccccc1F)CC(=O)Nc1ccccc1C(F)(F)F. The van der Waals surface area contributed by atoms with E-state index in [1.165, 1.54) is 36.0 Å². The van der Waals surface area contributed by atoms with Crippen molar-refractivity contribution in [3.05, 3.63) is 59.9 Å². The molecule has 2 rings (SSSR count). The van der Waals surface area contributed by atoms with Gasteiger partial charge in [0.25, 0.3) is 0 Å². The first-order valence-electron chi connectivity index (χ1n) is 8.37. The first-order valence-corrected chi connectivity index (χ1v) is 9.35. The van der Waals surface area contributed by atoms with Crippen LogP contribution in [0.1, 0.15) is 12.5 Å². The predicted octanol–water partition coefficient (Wildman–Crippen LogP) is 4.90. The lowest BCUT2D eigenvalue weighted by atomic mass is 10.1. The summed E-state index contributed by atoms with van der Waals surface area (Å²) in [5.41, 5.74) is -1.14. The zero-order chi connectivity index (χ0) is 19.9. The van der Waals surface area contributed by atoms with E-state index in [0.717, 1.165) is 6.07 Å². The molecule has 0 aliphatic heterocycles. The largest absolute Gasteiger partial charge is 0.418 e. The maximum atomic E-state index is 13.6. The van der Waals surface area contributed by atoms with Crippen LogP contribution < -0.4 is 5.32 Å². The van der Waals surface area contributed by atoms with Crippen molar-refractivity contribution < 1.29 is 22.4 Å². The van der Waals surface area contributed by atoms with Crippen molar-refractivity contribution in [2.45, 2.75) is 18.0 Å². The average Bonchev–Trinajstić information content (AvgIpc) is 2.62. The molecular weight excluding hydrogens is 380 g/mol. The van der Waals surface area contributed by atoms with Gasteiger partial charge in [0.05, 0.1) is 17.8 Å². The standard InChI is InChI=1S/C19H20F4N2OS/c1-2-25(11-12-27-17-10-6-4-8-15(17)20)13-18(26)24-16-9-5-3-7-14(16)19(21,22)23/h3-10H,2,11-13H2,1H3,(H,24,26). The zero-order valence-corrected chi connectivity index (χ0v) is 15.5. The van der Waals surface area contributed by atoms with Crippen molar-refractivity contribution in [1.29, 1.82) is 0 Å². The van der Waals surface area contributed by atoms with Crippen molar-refractivity contribution in [1.82, 2.24) is 4.90 Å². The Hall–Kier alpha value is -2.06. The van der Waals surface area contributed by atoms with Crippen molar-refractivity contribution in [3.8, 4) is 0 Å². The van der Waals surface area contributed by atoms with E-state index in [-0.39, 0.29) is 18.0 Å². The first-order chi connectivity index (χ1) is 12.8. The Labute approximate surface area is 159 Å². The van der Waals surface area contributed by atoms with Gasteiger partial charge in [-0.25, -0.2) is 4.39 Å². The zero-order valence-electron chi connectivity index (χ0n) is 14.7. The molecule has 0 radical (unpaired) electrons. The molecule has 2 aromatic rings. The fourth-order valence-corrected chi connectivity index (χ4v) is 3.38. The number of para-hydroxylation sites is 1. The number of likely N-dealkylation sites (N-methyl/N-ethyl adjacent to an activating group) is 1. The monoisotopic (exact) mass is 400 g/mol. The van der Waals surface area contributed by atoms with Crippen LogP contribution in [-0.4, -0.2) is 36.2 Å². The van der Waals surface area contributed by atoms with Crippen molar-refractivity contribution in [3.63, 3.8) is 0 Å². The van der Waals surface area contributed by atoms with Crippen molar-refractivity contribution in [2.75, 3.05) is 30.7 Å². The Morgan fingerprint density at radius 3 is 2.44 bits per heavy atom. The molecule has 0 bridgehead atoms. The quantitative estimate of drug-likeness (QED) is 0.505. The van der Waals surface area contributed by atoms with Crippen LogP contribution in [0.4, 0.5) is 23.2 Å². The van der Waals surface area contributed by atoms with Crippen LogP contribution in [0.3, 0.4) is 0 Å². The summed E-state index contributed by atoms with van der Waals surface area (Å²) in [6, 6.07) is 11.3. The molecule has 27 heavy (non-hydrogen) atoms. The van der Waals surface area contributed by atoms with E-state index >= 15 is 0 Å². The normalized spacial score (nSPS) is 11.6. The van der Waals surface area contributed by atoms with Crippen molar-refractivity contribution >= 4 is 23.4 Å².